The summed E-state index contributed by atoms with van der Waals surface area (Å²) in [5.74, 6) is 0. The van der Waals surface area contributed by atoms with Gasteiger partial charge < -0.3 is 5.32 Å². The maximum atomic E-state index is 12.4. The molecule has 0 aromatic heterocycles. The number of rotatable bonds is 4. The fourth-order valence-electron chi connectivity index (χ4n) is 2.27. The van der Waals surface area contributed by atoms with Gasteiger partial charge in [-0.3, -0.25) is 0 Å². The first-order valence-electron chi connectivity index (χ1n) is 6.24. The molecule has 1 aromatic rings. The molecule has 0 spiro atoms. The Bertz CT molecular complexity index is 586. The van der Waals surface area contributed by atoms with Crippen LogP contribution in [0.1, 0.15) is 18.4 Å². The van der Waals surface area contributed by atoms with Crippen LogP contribution in [0.4, 0.5) is 0 Å². The topological polar surface area (TPSA) is 73.2 Å². The summed E-state index contributed by atoms with van der Waals surface area (Å²) in [5, 5.41) is 12.3. The lowest BCUT2D eigenvalue weighted by Gasteiger charge is -2.21. The van der Waals surface area contributed by atoms with E-state index in [1.54, 1.807) is 19.2 Å². The summed E-state index contributed by atoms with van der Waals surface area (Å²) in [7, 11) is -2.04. The average Bonchev–Trinajstić information content (AvgIpc) is 2.91. The first-order valence-corrected chi connectivity index (χ1v) is 7.68. The number of nitrogens with one attached hydrogen (secondary N) is 1. The Morgan fingerprint density at radius 3 is 2.84 bits per heavy atom. The minimum absolute atomic E-state index is 0.0815. The SMILES string of the molecule is CN(CC1CCCN1)S(=O)(=O)c1ccccc1C#N. The second-order valence-corrected chi connectivity index (χ2v) is 6.70. The van der Waals surface area contributed by atoms with E-state index in [2.05, 4.69) is 5.32 Å². The van der Waals surface area contributed by atoms with Crippen LogP contribution in [-0.2, 0) is 10.0 Å². The van der Waals surface area contributed by atoms with E-state index in [4.69, 9.17) is 5.26 Å². The van der Waals surface area contributed by atoms with Gasteiger partial charge in [-0.1, -0.05) is 12.1 Å². The Labute approximate surface area is 113 Å². The predicted octanol–water partition coefficient (Wildman–Crippen LogP) is 0.931. The smallest absolute Gasteiger partial charge is 0.244 e. The van der Waals surface area contributed by atoms with Crippen LogP contribution in [0, 0.1) is 11.3 Å². The first kappa shape index (κ1) is 14.0. The second-order valence-electron chi connectivity index (χ2n) is 4.69. The standard InChI is InChI=1S/C13H17N3O2S/c1-16(10-12-6-4-8-15-12)19(17,18)13-7-3-2-5-11(13)9-14/h2-3,5,7,12,15H,4,6,8,10H2,1H3. The molecule has 0 aliphatic carbocycles. The van der Waals surface area contributed by atoms with Crippen LogP contribution in [0.3, 0.4) is 0 Å². The van der Waals surface area contributed by atoms with Crippen LogP contribution >= 0.6 is 0 Å². The monoisotopic (exact) mass is 279 g/mol. The van der Waals surface area contributed by atoms with Crippen molar-refractivity contribution in [3.8, 4) is 6.07 Å². The van der Waals surface area contributed by atoms with E-state index < -0.39 is 10.0 Å². The van der Waals surface area contributed by atoms with E-state index in [1.807, 2.05) is 6.07 Å². The van der Waals surface area contributed by atoms with Crippen molar-refractivity contribution in [2.45, 2.75) is 23.8 Å². The molecule has 1 aromatic carbocycles. The van der Waals surface area contributed by atoms with Gasteiger partial charge in [0.25, 0.3) is 0 Å². The van der Waals surface area contributed by atoms with Crippen LogP contribution in [0.15, 0.2) is 29.2 Å². The van der Waals surface area contributed by atoms with Gasteiger partial charge >= 0.3 is 0 Å². The summed E-state index contributed by atoms with van der Waals surface area (Å²) < 4.78 is 26.2. The highest BCUT2D eigenvalue weighted by Crippen LogP contribution is 2.19. The number of benzene rings is 1. The van der Waals surface area contributed by atoms with Gasteiger partial charge in [0.15, 0.2) is 0 Å². The number of hydrogen-bond acceptors (Lipinski definition) is 4. The summed E-state index contributed by atoms with van der Waals surface area (Å²) in [4.78, 5) is 0.0815. The summed E-state index contributed by atoms with van der Waals surface area (Å²) in [6, 6.07) is 8.43. The lowest BCUT2D eigenvalue weighted by atomic mass is 10.2. The van der Waals surface area contributed by atoms with Crippen molar-refractivity contribution in [1.29, 1.82) is 5.26 Å². The van der Waals surface area contributed by atoms with Crippen LogP contribution in [-0.4, -0.2) is 38.9 Å². The predicted molar refractivity (Wildman–Crippen MR) is 72.0 cm³/mol. The summed E-state index contributed by atoms with van der Waals surface area (Å²) in [6.45, 7) is 1.37. The fraction of sp³-hybridized carbons (Fsp3) is 0.462. The maximum absolute atomic E-state index is 12.4. The summed E-state index contributed by atoms with van der Waals surface area (Å²) in [5.41, 5.74) is 0.189. The Morgan fingerprint density at radius 1 is 1.47 bits per heavy atom. The van der Waals surface area contributed by atoms with Gasteiger partial charge in [-0.25, -0.2) is 8.42 Å². The molecule has 102 valence electrons. The van der Waals surface area contributed by atoms with Crippen molar-refractivity contribution >= 4 is 10.0 Å². The van der Waals surface area contributed by atoms with Gasteiger partial charge in [-0.2, -0.15) is 9.57 Å². The van der Waals surface area contributed by atoms with Crippen molar-refractivity contribution < 1.29 is 8.42 Å². The molecule has 0 amide bonds. The lowest BCUT2D eigenvalue weighted by molar-refractivity contribution is 0.417. The molecule has 0 bridgehead atoms. The van der Waals surface area contributed by atoms with Crippen LogP contribution in [0.2, 0.25) is 0 Å². The van der Waals surface area contributed by atoms with Crippen molar-refractivity contribution in [3.05, 3.63) is 29.8 Å². The van der Waals surface area contributed by atoms with E-state index in [-0.39, 0.29) is 16.5 Å². The molecular weight excluding hydrogens is 262 g/mol. The molecular formula is C13H17N3O2S. The molecule has 1 fully saturated rings. The zero-order chi connectivity index (χ0) is 13.9. The third kappa shape index (κ3) is 2.95. The van der Waals surface area contributed by atoms with E-state index >= 15 is 0 Å². The maximum Gasteiger partial charge on any atom is 0.244 e. The molecule has 1 atom stereocenters. The van der Waals surface area contributed by atoms with Crippen LogP contribution in [0.25, 0.3) is 0 Å². The number of hydrogen-bond donors (Lipinski definition) is 1. The molecule has 19 heavy (non-hydrogen) atoms. The number of likely N-dealkylation sites (N-methyl/N-ethyl adjacent to an activating group) is 1. The third-order valence-electron chi connectivity index (χ3n) is 3.34. The molecule has 6 heteroatoms. The highest BCUT2D eigenvalue weighted by atomic mass is 32.2. The minimum Gasteiger partial charge on any atom is -0.313 e. The Morgan fingerprint density at radius 2 is 2.21 bits per heavy atom. The van der Waals surface area contributed by atoms with Gasteiger partial charge in [0.05, 0.1) is 10.5 Å². The highest BCUT2D eigenvalue weighted by molar-refractivity contribution is 7.89. The van der Waals surface area contributed by atoms with Crippen molar-refractivity contribution in [1.82, 2.24) is 9.62 Å². The molecule has 5 nitrogen and oxygen atoms in total. The molecule has 1 aliphatic heterocycles. The molecule has 0 saturated carbocycles. The molecule has 1 aliphatic rings. The molecule has 1 unspecified atom stereocenters. The second kappa shape index (κ2) is 5.70. The number of nitriles is 1. The third-order valence-corrected chi connectivity index (χ3v) is 5.22. The van der Waals surface area contributed by atoms with Crippen LogP contribution in [0.5, 0.6) is 0 Å². The quantitative estimate of drug-likeness (QED) is 0.890. The van der Waals surface area contributed by atoms with E-state index in [0.29, 0.717) is 6.54 Å². The first-order chi connectivity index (χ1) is 9.05. The Kier molecular flexibility index (Phi) is 4.20. The van der Waals surface area contributed by atoms with E-state index in [1.165, 1.54) is 16.4 Å². The van der Waals surface area contributed by atoms with Gasteiger partial charge in [-0.05, 0) is 31.5 Å². The van der Waals surface area contributed by atoms with Gasteiger partial charge in [0.1, 0.15) is 6.07 Å². The Balaban J connectivity index is 2.23. The lowest BCUT2D eigenvalue weighted by Crippen LogP contribution is -2.38. The van der Waals surface area contributed by atoms with Gasteiger partial charge in [0, 0.05) is 19.6 Å². The minimum atomic E-state index is -3.60. The normalized spacial score (nSPS) is 19.5. The number of sulfonamides is 1. The summed E-state index contributed by atoms with van der Waals surface area (Å²) in [6.07, 6.45) is 2.06. The van der Waals surface area contributed by atoms with Crippen molar-refractivity contribution in [2.75, 3.05) is 20.1 Å². The highest BCUT2D eigenvalue weighted by Gasteiger charge is 2.27. The van der Waals surface area contributed by atoms with Crippen molar-refractivity contribution in [2.24, 2.45) is 0 Å². The molecule has 2 rings (SSSR count). The summed E-state index contributed by atoms with van der Waals surface area (Å²) >= 11 is 0. The zero-order valence-electron chi connectivity index (χ0n) is 10.8. The van der Waals surface area contributed by atoms with E-state index in [0.717, 1.165) is 19.4 Å². The molecule has 1 N–H and O–H groups in total. The largest absolute Gasteiger partial charge is 0.313 e. The molecule has 1 saturated heterocycles. The van der Waals surface area contributed by atoms with Gasteiger partial charge in [0.2, 0.25) is 10.0 Å². The van der Waals surface area contributed by atoms with Crippen LogP contribution < -0.4 is 5.32 Å². The van der Waals surface area contributed by atoms with Crippen molar-refractivity contribution in [3.63, 3.8) is 0 Å². The average molecular weight is 279 g/mol. The molecule has 0 radical (unpaired) electrons. The molecule has 1 heterocycles. The zero-order valence-corrected chi connectivity index (χ0v) is 11.7. The van der Waals surface area contributed by atoms with E-state index in [9.17, 15) is 8.42 Å². The van der Waals surface area contributed by atoms with Gasteiger partial charge in [-0.15, -0.1) is 0 Å². The fourth-order valence-corrected chi connectivity index (χ4v) is 3.63. The number of nitrogens with zero attached hydrogens (tertiary/aromatic N) is 2. The Hall–Kier alpha value is -1.42.